The number of hydrogen-bond donors (Lipinski definition) is 0. The number of carbonyl (C=O) groups is 1. The molecule has 1 aliphatic heterocycles. The molecule has 3 saturated carbocycles. The van der Waals surface area contributed by atoms with Gasteiger partial charge in [-0.2, -0.15) is 0 Å². The van der Waals surface area contributed by atoms with E-state index in [9.17, 15) is 4.79 Å². The SMILES string of the molecule is CC1=C2CC[C@@H]3[C@H](CC[C@]4(C)C(=O)CC[C@@H]34)[C@@]2(C)CCC12OCCO2. The topological polar surface area (TPSA) is 35.5 Å². The quantitative estimate of drug-likeness (QED) is 0.600. The molecule has 0 N–H and O–H groups in total. The fourth-order valence-electron chi connectivity index (χ4n) is 7.68. The summed E-state index contributed by atoms with van der Waals surface area (Å²) in [6.45, 7) is 8.53. The average molecular weight is 344 g/mol. The highest BCUT2D eigenvalue weighted by Crippen LogP contribution is 2.66. The number of allylic oxidation sites excluding steroid dienone is 1. The summed E-state index contributed by atoms with van der Waals surface area (Å²) in [7, 11) is 0. The van der Waals surface area contributed by atoms with Crippen molar-refractivity contribution in [2.24, 2.45) is 28.6 Å². The van der Waals surface area contributed by atoms with Crippen molar-refractivity contribution in [2.45, 2.75) is 77.9 Å². The second-order valence-electron chi connectivity index (χ2n) is 9.80. The zero-order valence-electron chi connectivity index (χ0n) is 16.0. The molecule has 0 bridgehead atoms. The molecule has 1 saturated heterocycles. The summed E-state index contributed by atoms with van der Waals surface area (Å²) in [5, 5.41) is 0. The van der Waals surface area contributed by atoms with Crippen LogP contribution in [0.4, 0.5) is 0 Å². The second-order valence-corrected chi connectivity index (χ2v) is 9.80. The van der Waals surface area contributed by atoms with Crippen molar-refractivity contribution in [1.29, 1.82) is 0 Å². The fraction of sp³-hybridized carbons (Fsp3) is 0.864. The lowest BCUT2D eigenvalue weighted by molar-refractivity contribution is -0.154. The van der Waals surface area contributed by atoms with Gasteiger partial charge in [0.1, 0.15) is 5.78 Å². The van der Waals surface area contributed by atoms with E-state index < -0.39 is 5.79 Å². The van der Waals surface area contributed by atoms with Crippen molar-refractivity contribution in [3.05, 3.63) is 11.1 Å². The molecule has 0 aromatic carbocycles. The Kier molecular flexibility index (Phi) is 3.43. The number of rotatable bonds is 0. The second kappa shape index (κ2) is 5.19. The van der Waals surface area contributed by atoms with Crippen LogP contribution in [0.5, 0.6) is 0 Å². The van der Waals surface area contributed by atoms with E-state index in [0.717, 1.165) is 50.7 Å². The molecule has 0 amide bonds. The van der Waals surface area contributed by atoms with E-state index in [1.807, 2.05) is 0 Å². The molecule has 0 unspecified atom stereocenters. The maximum Gasteiger partial charge on any atom is 0.190 e. The molecular formula is C22H32O3. The van der Waals surface area contributed by atoms with Gasteiger partial charge in [-0.05, 0) is 74.2 Å². The number of carbonyl (C=O) groups excluding carboxylic acids is 1. The van der Waals surface area contributed by atoms with Crippen molar-refractivity contribution >= 4 is 5.78 Å². The molecule has 1 heterocycles. The van der Waals surface area contributed by atoms with Gasteiger partial charge in [-0.1, -0.05) is 19.4 Å². The fourth-order valence-corrected chi connectivity index (χ4v) is 7.68. The first-order valence-electron chi connectivity index (χ1n) is 10.4. The van der Waals surface area contributed by atoms with Crippen LogP contribution in [0.1, 0.15) is 72.1 Å². The minimum absolute atomic E-state index is 0.0125. The molecule has 5 atom stereocenters. The van der Waals surface area contributed by atoms with Crippen LogP contribution in [0.25, 0.3) is 0 Å². The highest BCUT2D eigenvalue weighted by atomic mass is 16.7. The summed E-state index contributed by atoms with van der Waals surface area (Å²) in [6.07, 6.45) is 8.92. The van der Waals surface area contributed by atoms with Crippen molar-refractivity contribution in [2.75, 3.05) is 13.2 Å². The molecule has 0 aromatic heterocycles. The van der Waals surface area contributed by atoms with Gasteiger partial charge in [0.15, 0.2) is 5.79 Å². The van der Waals surface area contributed by atoms with Crippen molar-refractivity contribution in [3.8, 4) is 0 Å². The van der Waals surface area contributed by atoms with E-state index in [1.165, 1.54) is 31.3 Å². The van der Waals surface area contributed by atoms with Gasteiger partial charge in [-0.25, -0.2) is 0 Å². The van der Waals surface area contributed by atoms with E-state index in [0.29, 0.717) is 17.1 Å². The van der Waals surface area contributed by atoms with Crippen molar-refractivity contribution < 1.29 is 14.3 Å². The normalized spacial score (nSPS) is 48.4. The predicted molar refractivity (Wildman–Crippen MR) is 96.0 cm³/mol. The third-order valence-corrected chi connectivity index (χ3v) is 9.13. The summed E-state index contributed by atoms with van der Waals surface area (Å²) in [6, 6.07) is 0. The zero-order chi connectivity index (χ0) is 17.4. The summed E-state index contributed by atoms with van der Waals surface area (Å²) in [4.78, 5) is 12.5. The minimum Gasteiger partial charge on any atom is -0.344 e. The maximum absolute atomic E-state index is 12.5. The van der Waals surface area contributed by atoms with Crippen LogP contribution in [0.15, 0.2) is 11.1 Å². The lowest BCUT2D eigenvalue weighted by atomic mass is 9.46. The molecule has 3 nitrogen and oxygen atoms in total. The van der Waals surface area contributed by atoms with Crippen LogP contribution < -0.4 is 0 Å². The lowest BCUT2D eigenvalue weighted by Gasteiger charge is -2.59. The highest BCUT2D eigenvalue weighted by molar-refractivity contribution is 5.87. The van der Waals surface area contributed by atoms with Gasteiger partial charge >= 0.3 is 0 Å². The minimum atomic E-state index is -0.409. The van der Waals surface area contributed by atoms with Crippen LogP contribution >= 0.6 is 0 Å². The molecule has 5 rings (SSSR count). The Hall–Kier alpha value is -0.670. The molecule has 5 aliphatic rings. The largest absolute Gasteiger partial charge is 0.344 e. The smallest absolute Gasteiger partial charge is 0.190 e. The van der Waals surface area contributed by atoms with Gasteiger partial charge in [0.2, 0.25) is 0 Å². The average Bonchev–Trinajstić information content (AvgIpc) is 3.18. The molecule has 3 heteroatoms. The predicted octanol–water partition coefficient (Wildman–Crippen LogP) is 4.65. The van der Waals surface area contributed by atoms with Gasteiger partial charge < -0.3 is 9.47 Å². The Morgan fingerprint density at radius 3 is 2.36 bits per heavy atom. The number of ether oxygens (including phenoxy) is 2. The molecule has 4 aliphatic carbocycles. The van der Waals surface area contributed by atoms with E-state index in [4.69, 9.17) is 9.47 Å². The first-order chi connectivity index (χ1) is 11.9. The molecule has 1 spiro atoms. The van der Waals surface area contributed by atoms with Crippen molar-refractivity contribution in [3.63, 3.8) is 0 Å². The van der Waals surface area contributed by atoms with Crippen LogP contribution in [0, 0.1) is 28.6 Å². The lowest BCUT2D eigenvalue weighted by Crippen LogP contribution is -2.53. The Labute approximate surface area is 151 Å². The molecule has 25 heavy (non-hydrogen) atoms. The van der Waals surface area contributed by atoms with E-state index in [2.05, 4.69) is 20.8 Å². The zero-order valence-corrected chi connectivity index (χ0v) is 16.0. The van der Waals surface area contributed by atoms with Gasteiger partial charge in [-0.15, -0.1) is 0 Å². The highest BCUT2D eigenvalue weighted by Gasteiger charge is 2.60. The van der Waals surface area contributed by atoms with Crippen LogP contribution in [0.3, 0.4) is 0 Å². The van der Waals surface area contributed by atoms with E-state index >= 15 is 0 Å². The Balaban J connectivity index is 1.52. The summed E-state index contributed by atoms with van der Waals surface area (Å²) in [5.41, 5.74) is 3.30. The van der Waals surface area contributed by atoms with Gasteiger partial charge in [0.25, 0.3) is 0 Å². The number of fused-ring (bicyclic) bond motifs is 5. The molecule has 0 radical (unpaired) electrons. The van der Waals surface area contributed by atoms with Gasteiger partial charge in [-0.3, -0.25) is 4.79 Å². The molecular weight excluding hydrogens is 312 g/mol. The molecule has 4 fully saturated rings. The molecule has 138 valence electrons. The van der Waals surface area contributed by atoms with E-state index in [1.54, 1.807) is 5.57 Å². The van der Waals surface area contributed by atoms with Crippen LogP contribution in [0.2, 0.25) is 0 Å². The summed E-state index contributed by atoms with van der Waals surface area (Å²) in [5.74, 6) is 2.26. The van der Waals surface area contributed by atoms with Crippen LogP contribution in [-0.4, -0.2) is 24.8 Å². The first-order valence-corrected chi connectivity index (χ1v) is 10.4. The van der Waals surface area contributed by atoms with Gasteiger partial charge in [0.05, 0.1) is 13.2 Å². The first kappa shape index (κ1) is 16.5. The van der Waals surface area contributed by atoms with Crippen molar-refractivity contribution in [1.82, 2.24) is 0 Å². The maximum atomic E-state index is 12.5. The number of hydrogen-bond acceptors (Lipinski definition) is 3. The number of Topliss-reactive ketones (excluding diaryl/α,β-unsaturated/α-hetero) is 1. The van der Waals surface area contributed by atoms with Crippen LogP contribution in [-0.2, 0) is 14.3 Å². The Bertz CT molecular complexity index is 644. The third kappa shape index (κ3) is 1.97. The Morgan fingerprint density at radius 1 is 0.880 bits per heavy atom. The summed E-state index contributed by atoms with van der Waals surface area (Å²) >= 11 is 0. The Morgan fingerprint density at radius 2 is 1.60 bits per heavy atom. The monoisotopic (exact) mass is 344 g/mol. The summed E-state index contributed by atoms with van der Waals surface area (Å²) < 4.78 is 12.2. The van der Waals surface area contributed by atoms with Gasteiger partial charge in [0, 0.05) is 18.3 Å². The third-order valence-electron chi connectivity index (χ3n) is 9.13. The standard InChI is InChI=1S/C22H32O3/c1-14-16-5-4-15-17-6-7-19(23)21(17,3)9-8-18(15)20(16,2)10-11-22(14)24-12-13-25-22/h15,17-18H,4-13H2,1-3H3/t15-,17-,18-,20-,21-/m0/s1. The number of ketones is 1. The molecule has 0 aromatic rings. The van der Waals surface area contributed by atoms with E-state index in [-0.39, 0.29) is 5.41 Å².